The fraction of sp³-hybridized carbons (Fsp3) is 0.158. The zero-order chi connectivity index (χ0) is 17.8. The lowest BCUT2D eigenvalue weighted by Crippen LogP contribution is -2.27. The summed E-state index contributed by atoms with van der Waals surface area (Å²) in [6.07, 6.45) is 1.72. The number of rotatable bonds is 5. The van der Waals surface area contributed by atoms with E-state index in [1.165, 1.54) is 0 Å². The van der Waals surface area contributed by atoms with Crippen molar-refractivity contribution in [3.63, 3.8) is 0 Å². The van der Waals surface area contributed by atoms with Gasteiger partial charge in [0.05, 0.1) is 16.6 Å². The van der Waals surface area contributed by atoms with Gasteiger partial charge in [-0.1, -0.05) is 41.9 Å². The SMILES string of the molecule is Cn1nccc1-c1ccc(NC(=O)C(CN)c2ccccc2)cc1Cl. The molecule has 1 aromatic heterocycles. The number of hydrogen-bond acceptors (Lipinski definition) is 3. The van der Waals surface area contributed by atoms with Crippen LogP contribution in [-0.4, -0.2) is 22.2 Å². The number of carbonyl (C=O) groups is 1. The lowest BCUT2D eigenvalue weighted by atomic mass is 9.98. The van der Waals surface area contributed by atoms with E-state index in [2.05, 4.69) is 10.4 Å². The Balaban J connectivity index is 1.80. The van der Waals surface area contributed by atoms with Gasteiger partial charge >= 0.3 is 0 Å². The molecule has 3 aromatic rings. The molecule has 6 heteroatoms. The molecule has 1 heterocycles. The molecule has 0 spiro atoms. The number of nitrogens with one attached hydrogen (secondary N) is 1. The van der Waals surface area contributed by atoms with Gasteiger partial charge in [0.25, 0.3) is 0 Å². The molecule has 128 valence electrons. The Labute approximate surface area is 151 Å². The van der Waals surface area contributed by atoms with Gasteiger partial charge in [-0.15, -0.1) is 0 Å². The number of aryl methyl sites for hydroxylation is 1. The van der Waals surface area contributed by atoms with Crippen molar-refractivity contribution in [2.24, 2.45) is 12.8 Å². The molecule has 3 N–H and O–H groups in total. The van der Waals surface area contributed by atoms with Crippen LogP contribution in [0.4, 0.5) is 5.69 Å². The van der Waals surface area contributed by atoms with Crippen molar-refractivity contribution in [1.29, 1.82) is 0 Å². The van der Waals surface area contributed by atoms with Crippen LogP contribution in [0.2, 0.25) is 5.02 Å². The maximum atomic E-state index is 12.6. The van der Waals surface area contributed by atoms with E-state index in [1.54, 1.807) is 16.9 Å². The second-order valence-corrected chi connectivity index (χ2v) is 6.13. The molecule has 0 saturated carbocycles. The number of halogens is 1. The fourth-order valence-electron chi connectivity index (χ4n) is 2.75. The molecule has 3 rings (SSSR count). The highest BCUT2D eigenvalue weighted by molar-refractivity contribution is 6.33. The van der Waals surface area contributed by atoms with E-state index in [9.17, 15) is 4.79 Å². The molecule has 0 radical (unpaired) electrons. The largest absolute Gasteiger partial charge is 0.329 e. The number of amides is 1. The third-order valence-corrected chi connectivity index (χ3v) is 4.40. The molecule has 0 bridgehead atoms. The zero-order valence-electron chi connectivity index (χ0n) is 13.8. The van der Waals surface area contributed by atoms with Gasteiger partial charge in [0.2, 0.25) is 5.91 Å². The van der Waals surface area contributed by atoms with Crippen LogP contribution < -0.4 is 11.1 Å². The van der Waals surface area contributed by atoms with Crippen molar-refractivity contribution in [2.45, 2.75) is 5.92 Å². The van der Waals surface area contributed by atoms with Gasteiger partial charge in [-0.05, 0) is 29.8 Å². The lowest BCUT2D eigenvalue weighted by Gasteiger charge is -2.16. The number of hydrogen-bond donors (Lipinski definition) is 2. The summed E-state index contributed by atoms with van der Waals surface area (Å²) in [5.74, 6) is -0.560. The smallest absolute Gasteiger partial charge is 0.233 e. The van der Waals surface area contributed by atoms with E-state index in [0.29, 0.717) is 10.7 Å². The average Bonchev–Trinajstić information content (AvgIpc) is 3.02. The van der Waals surface area contributed by atoms with Gasteiger partial charge < -0.3 is 11.1 Å². The molecule has 0 aliphatic heterocycles. The molecule has 1 unspecified atom stereocenters. The van der Waals surface area contributed by atoms with Crippen LogP contribution in [0.25, 0.3) is 11.3 Å². The molecule has 0 aliphatic carbocycles. The van der Waals surface area contributed by atoms with Gasteiger partial charge in [-0.2, -0.15) is 5.10 Å². The van der Waals surface area contributed by atoms with Gasteiger partial charge in [0, 0.05) is 31.0 Å². The molecular formula is C19H19ClN4O. The van der Waals surface area contributed by atoms with Crippen LogP contribution in [0.3, 0.4) is 0 Å². The molecule has 0 fully saturated rings. The summed E-state index contributed by atoms with van der Waals surface area (Å²) in [6.45, 7) is 0.233. The summed E-state index contributed by atoms with van der Waals surface area (Å²) in [5, 5.41) is 7.59. The van der Waals surface area contributed by atoms with Gasteiger partial charge in [-0.3, -0.25) is 9.48 Å². The van der Waals surface area contributed by atoms with Crippen molar-refractivity contribution >= 4 is 23.2 Å². The number of benzene rings is 2. The third-order valence-electron chi connectivity index (χ3n) is 4.09. The summed E-state index contributed by atoms with van der Waals surface area (Å²) in [7, 11) is 1.85. The minimum Gasteiger partial charge on any atom is -0.329 e. The minimum absolute atomic E-state index is 0.155. The van der Waals surface area contributed by atoms with Crippen molar-refractivity contribution < 1.29 is 4.79 Å². The highest BCUT2D eigenvalue weighted by Crippen LogP contribution is 2.30. The molecule has 0 aliphatic rings. The Morgan fingerprint density at radius 3 is 2.60 bits per heavy atom. The second-order valence-electron chi connectivity index (χ2n) is 5.72. The lowest BCUT2D eigenvalue weighted by molar-refractivity contribution is -0.117. The Bertz CT molecular complexity index is 876. The highest BCUT2D eigenvalue weighted by atomic mass is 35.5. The maximum Gasteiger partial charge on any atom is 0.233 e. The summed E-state index contributed by atoms with van der Waals surface area (Å²) >= 11 is 6.39. The van der Waals surface area contributed by atoms with E-state index in [0.717, 1.165) is 16.8 Å². The number of nitrogens with zero attached hydrogens (tertiary/aromatic N) is 2. The van der Waals surface area contributed by atoms with E-state index < -0.39 is 5.92 Å². The van der Waals surface area contributed by atoms with E-state index >= 15 is 0 Å². The highest BCUT2D eigenvalue weighted by Gasteiger charge is 2.19. The topological polar surface area (TPSA) is 72.9 Å². The maximum absolute atomic E-state index is 12.6. The molecule has 2 aromatic carbocycles. The number of nitrogens with two attached hydrogens (primary N) is 1. The summed E-state index contributed by atoms with van der Waals surface area (Å²) in [4.78, 5) is 12.6. The monoisotopic (exact) mass is 354 g/mol. The number of aromatic nitrogens is 2. The Hall–Kier alpha value is -2.63. The van der Waals surface area contributed by atoms with E-state index in [1.807, 2.05) is 55.6 Å². The van der Waals surface area contributed by atoms with Crippen molar-refractivity contribution in [1.82, 2.24) is 9.78 Å². The quantitative estimate of drug-likeness (QED) is 0.737. The Morgan fingerprint density at radius 2 is 2.00 bits per heavy atom. The number of carbonyl (C=O) groups excluding carboxylic acids is 1. The normalized spacial score (nSPS) is 12.0. The van der Waals surface area contributed by atoms with Gasteiger partial charge in [-0.25, -0.2) is 0 Å². The van der Waals surface area contributed by atoms with Crippen LogP contribution >= 0.6 is 11.6 Å². The van der Waals surface area contributed by atoms with Crippen LogP contribution in [0.15, 0.2) is 60.8 Å². The zero-order valence-corrected chi connectivity index (χ0v) is 14.6. The van der Waals surface area contributed by atoms with Gasteiger partial charge in [0.1, 0.15) is 0 Å². The first kappa shape index (κ1) is 17.2. The summed E-state index contributed by atoms with van der Waals surface area (Å²) in [6, 6.07) is 16.8. The van der Waals surface area contributed by atoms with Crippen LogP contribution in [0.1, 0.15) is 11.5 Å². The van der Waals surface area contributed by atoms with Crippen molar-refractivity contribution in [3.05, 3.63) is 71.4 Å². The molecule has 25 heavy (non-hydrogen) atoms. The molecule has 5 nitrogen and oxygen atoms in total. The fourth-order valence-corrected chi connectivity index (χ4v) is 3.03. The third kappa shape index (κ3) is 3.73. The predicted molar refractivity (Wildman–Crippen MR) is 101 cm³/mol. The second kappa shape index (κ2) is 7.51. The van der Waals surface area contributed by atoms with Crippen molar-refractivity contribution in [2.75, 3.05) is 11.9 Å². The van der Waals surface area contributed by atoms with Crippen LogP contribution in [0.5, 0.6) is 0 Å². The standard InChI is InChI=1S/C19H19ClN4O/c1-24-18(9-10-22-24)15-8-7-14(11-17(15)20)23-19(25)16(12-21)13-5-3-2-4-6-13/h2-11,16H,12,21H2,1H3,(H,23,25). The molecule has 0 saturated heterocycles. The molecular weight excluding hydrogens is 336 g/mol. The molecule has 1 amide bonds. The molecule has 1 atom stereocenters. The van der Waals surface area contributed by atoms with Crippen LogP contribution in [0, 0.1) is 0 Å². The van der Waals surface area contributed by atoms with Crippen LogP contribution in [-0.2, 0) is 11.8 Å². The van der Waals surface area contributed by atoms with Crippen molar-refractivity contribution in [3.8, 4) is 11.3 Å². The van der Waals surface area contributed by atoms with E-state index in [-0.39, 0.29) is 12.5 Å². The Kier molecular flexibility index (Phi) is 5.16. The first-order chi connectivity index (χ1) is 12.1. The minimum atomic E-state index is -0.406. The first-order valence-corrected chi connectivity index (χ1v) is 8.31. The summed E-state index contributed by atoms with van der Waals surface area (Å²) < 4.78 is 1.75. The van der Waals surface area contributed by atoms with E-state index in [4.69, 9.17) is 17.3 Å². The number of anilines is 1. The average molecular weight is 355 g/mol. The van der Waals surface area contributed by atoms with Gasteiger partial charge in [0.15, 0.2) is 0 Å². The summed E-state index contributed by atoms with van der Waals surface area (Å²) in [5.41, 5.74) is 9.09. The first-order valence-electron chi connectivity index (χ1n) is 7.94. The Morgan fingerprint density at radius 1 is 1.24 bits per heavy atom. The predicted octanol–water partition coefficient (Wildman–Crippen LogP) is 3.42.